The van der Waals surface area contributed by atoms with E-state index in [1.54, 1.807) is 0 Å². The second-order valence-electron chi connectivity index (χ2n) is 11.5. The fourth-order valence-corrected chi connectivity index (χ4v) is 5.68. The van der Waals surface area contributed by atoms with E-state index in [1.807, 2.05) is 0 Å². The van der Waals surface area contributed by atoms with Gasteiger partial charge in [0.2, 0.25) is 0 Å². The maximum atomic E-state index is 4.38. The van der Waals surface area contributed by atoms with Gasteiger partial charge in [-0.2, -0.15) is 0 Å². The Morgan fingerprint density at radius 1 is 1.07 bits per heavy atom. The van der Waals surface area contributed by atoms with E-state index in [-0.39, 0.29) is 11.5 Å². The average Bonchev–Trinajstić information content (AvgIpc) is 3.65. The smallest absolute Gasteiger partial charge is 0.0682 e. The zero-order chi connectivity index (χ0) is 29.3. The molecule has 0 fully saturated rings. The molecule has 1 aromatic rings. The van der Waals surface area contributed by atoms with E-state index in [4.69, 9.17) is 0 Å². The summed E-state index contributed by atoms with van der Waals surface area (Å²) in [7, 11) is 0. The minimum atomic E-state index is -0.187. The van der Waals surface area contributed by atoms with Crippen LogP contribution >= 0.6 is 0 Å². The van der Waals surface area contributed by atoms with Gasteiger partial charge in [0.1, 0.15) is 0 Å². The van der Waals surface area contributed by atoms with Crippen LogP contribution in [0.1, 0.15) is 77.5 Å². The predicted octanol–water partition coefficient (Wildman–Crippen LogP) is 11.1. The van der Waals surface area contributed by atoms with Crippen molar-refractivity contribution in [3.63, 3.8) is 0 Å². The van der Waals surface area contributed by atoms with Crippen molar-refractivity contribution in [2.24, 2.45) is 0 Å². The molecule has 40 heavy (non-hydrogen) atoms. The van der Waals surface area contributed by atoms with Gasteiger partial charge in [-0.25, -0.2) is 0 Å². The Labute approximate surface area is 244 Å². The number of nitrogens with one attached hydrogen (secondary N) is 1. The van der Waals surface area contributed by atoms with Crippen molar-refractivity contribution in [3.8, 4) is 0 Å². The molecule has 3 rings (SSSR count). The zero-order valence-electron chi connectivity index (χ0n) is 26.1. The summed E-state index contributed by atoms with van der Waals surface area (Å²) in [6.07, 6.45) is 32.0. The maximum Gasteiger partial charge on any atom is 0.0682 e. The van der Waals surface area contributed by atoms with Crippen LogP contribution in [-0.4, -0.2) is 6.04 Å². The van der Waals surface area contributed by atoms with Crippen LogP contribution in [0.4, 0.5) is 5.69 Å². The molecule has 1 heteroatoms. The number of rotatable bonds is 12. The fraction of sp³-hybridized carbons (Fsp3) is 0.333. The molecule has 0 saturated heterocycles. The minimum Gasteiger partial charge on any atom is -0.375 e. The summed E-state index contributed by atoms with van der Waals surface area (Å²) >= 11 is 0. The summed E-state index contributed by atoms with van der Waals surface area (Å²) in [4.78, 5) is 0. The largest absolute Gasteiger partial charge is 0.375 e. The van der Waals surface area contributed by atoms with Gasteiger partial charge in [0.15, 0.2) is 0 Å². The van der Waals surface area contributed by atoms with E-state index in [9.17, 15) is 0 Å². The number of hydrogen-bond acceptors (Lipinski definition) is 1. The molecule has 210 valence electrons. The van der Waals surface area contributed by atoms with Gasteiger partial charge < -0.3 is 5.32 Å². The lowest BCUT2D eigenvalue weighted by molar-refractivity contribution is 0.684. The van der Waals surface area contributed by atoms with Gasteiger partial charge in [-0.05, 0) is 120 Å². The van der Waals surface area contributed by atoms with Gasteiger partial charge in [-0.15, -0.1) is 0 Å². The molecule has 0 aromatic heterocycles. The zero-order valence-corrected chi connectivity index (χ0v) is 26.1. The summed E-state index contributed by atoms with van der Waals surface area (Å²) < 4.78 is 0. The Bertz CT molecular complexity index is 1380. The van der Waals surface area contributed by atoms with Crippen LogP contribution in [0.2, 0.25) is 0 Å². The monoisotopic (exact) mass is 531 g/mol. The van der Waals surface area contributed by atoms with Crippen molar-refractivity contribution >= 4 is 5.69 Å². The number of anilines is 1. The number of aryl methyl sites for hydroxylation is 2. The molecular formula is C39H49N. The van der Waals surface area contributed by atoms with Crippen molar-refractivity contribution in [2.75, 3.05) is 5.32 Å². The first kappa shape index (κ1) is 31.0. The van der Waals surface area contributed by atoms with Crippen molar-refractivity contribution in [1.82, 2.24) is 0 Å². The molecular weight excluding hydrogens is 482 g/mol. The highest BCUT2D eigenvalue weighted by atomic mass is 14.9. The topological polar surface area (TPSA) is 12.0 Å². The molecule has 0 radical (unpaired) electrons. The molecule has 0 spiro atoms. The first-order valence-electron chi connectivity index (χ1n) is 14.7. The summed E-state index contributed by atoms with van der Waals surface area (Å²) in [5.41, 5.74) is 12.7. The summed E-state index contributed by atoms with van der Waals surface area (Å²) in [5, 5.41) is 3.88. The summed E-state index contributed by atoms with van der Waals surface area (Å²) in [6.45, 7) is 21.9. The van der Waals surface area contributed by atoms with Gasteiger partial charge in [-0.1, -0.05) is 103 Å². The lowest BCUT2D eigenvalue weighted by Gasteiger charge is -2.32. The van der Waals surface area contributed by atoms with Crippen LogP contribution in [0.5, 0.6) is 0 Å². The lowest BCUT2D eigenvalue weighted by Crippen LogP contribution is -2.25. The molecule has 0 aliphatic heterocycles. The first-order chi connectivity index (χ1) is 19.1. The highest BCUT2D eigenvalue weighted by Crippen LogP contribution is 2.41. The van der Waals surface area contributed by atoms with Crippen molar-refractivity contribution in [2.45, 2.75) is 86.1 Å². The Hall–Kier alpha value is -3.58. The van der Waals surface area contributed by atoms with Gasteiger partial charge >= 0.3 is 0 Å². The molecule has 2 unspecified atom stereocenters. The van der Waals surface area contributed by atoms with E-state index in [0.717, 1.165) is 30.5 Å². The van der Waals surface area contributed by atoms with Gasteiger partial charge in [0, 0.05) is 11.1 Å². The summed E-state index contributed by atoms with van der Waals surface area (Å²) in [5.74, 6) is 0. The Kier molecular flexibility index (Phi) is 11.0. The quantitative estimate of drug-likeness (QED) is 0.209. The van der Waals surface area contributed by atoms with E-state index in [2.05, 4.69) is 158 Å². The SMILES string of the molecule is C=C(C)C(Nc1cc(C(C)(/C=C\C=C/C)C2=CC=CC2)c(C)cc1C)/C(C)=C/C(=C\C)C/C=C(\C)C1=CCC=C1. The molecule has 1 aromatic carbocycles. The molecule has 2 aliphatic carbocycles. The van der Waals surface area contributed by atoms with Gasteiger partial charge in [-0.3, -0.25) is 0 Å². The summed E-state index contributed by atoms with van der Waals surface area (Å²) in [6, 6.07) is 4.75. The Morgan fingerprint density at radius 3 is 2.45 bits per heavy atom. The Balaban J connectivity index is 1.94. The normalized spacial score (nSPS) is 18.4. The third-order valence-electron chi connectivity index (χ3n) is 8.20. The van der Waals surface area contributed by atoms with Crippen LogP contribution in [0, 0.1) is 13.8 Å². The highest BCUT2D eigenvalue weighted by Gasteiger charge is 2.31. The van der Waals surface area contributed by atoms with Crippen molar-refractivity contribution in [1.29, 1.82) is 0 Å². The molecule has 1 nitrogen and oxygen atoms in total. The second kappa shape index (κ2) is 14.2. The lowest BCUT2D eigenvalue weighted by atomic mass is 9.72. The molecule has 2 aliphatic rings. The van der Waals surface area contributed by atoms with Crippen LogP contribution in [0.25, 0.3) is 0 Å². The predicted molar refractivity (Wildman–Crippen MR) is 179 cm³/mol. The third kappa shape index (κ3) is 7.54. The highest BCUT2D eigenvalue weighted by molar-refractivity contribution is 5.62. The first-order valence-corrected chi connectivity index (χ1v) is 14.7. The van der Waals surface area contributed by atoms with Gasteiger partial charge in [0.05, 0.1) is 6.04 Å². The molecule has 0 bridgehead atoms. The molecule has 0 saturated carbocycles. The third-order valence-corrected chi connectivity index (χ3v) is 8.20. The van der Waals surface area contributed by atoms with E-state index < -0.39 is 0 Å². The standard InChI is InChI=1S/C39H49N/c1-10-12-17-24-39(9,35-20-15-16-21-35)36-27-37(31(7)25-30(36)6)40-38(28(3)4)32(8)26-33(11-2)23-22-29(5)34-18-13-14-19-34/h10-13,15-20,22,24-27,38,40H,3,14,21,23H2,1-2,4-9H3/b12-10-,24-17-,29-22+,32-26+,33-11-. The van der Waals surface area contributed by atoms with Crippen LogP contribution < -0.4 is 5.32 Å². The van der Waals surface area contributed by atoms with Crippen molar-refractivity contribution < 1.29 is 0 Å². The second-order valence-corrected chi connectivity index (χ2v) is 11.5. The number of allylic oxidation sites excluding steroid dienone is 17. The molecule has 1 N–H and O–H groups in total. The van der Waals surface area contributed by atoms with Crippen LogP contribution in [0.15, 0.2) is 131 Å². The maximum absolute atomic E-state index is 4.38. The number of benzene rings is 1. The molecule has 0 amide bonds. The van der Waals surface area contributed by atoms with Crippen LogP contribution in [-0.2, 0) is 5.41 Å². The number of hydrogen-bond donors (Lipinski definition) is 1. The Morgan fingerprint density at radius 2 is 1.85 bits per heavy atom. The van der Waals surface area contributed by atoms with E-state index in [0.29, 0.717) is 0 Å². The molecule has 0 heterocycles. The van der Waals surface area contributed by atoms with E-state index >= 15 is 0 Å². The van der Waals surface area contributed by atoms with Crippen LogP contribution in [0.3, 0.4) is 0 Å². The van der Waals surface area contributed by atoms with E-state index in [1.165, 1.54) is 44.6 Å². The minimum absolute atomic E-state index is 0.0481. The average molecular weight is 532 g/mol. The van der Waals surface area contributed by atoms with Crippen molar-refractivity contribution in [3.05, 3.63) is 148 Å². The fourth-order valence-electron chi connectivity index (χ4n) is 5.68. The van der Waals surface area contributed by atoms with Gasteiger partial charge in [0.25, 0.3) is 0 Å². The molecule has 2 atom stereocenters.